The molecule has 6 rings (SSSR count). The lowest BCUT2D eigenvalue weighted by molar-refractivity contribution is -0.121. The number of hydrogen-bond acceptors (Lipinski definition) is 7. The second-order valence-corrected chi connectivity index (χ2v) is 10.2. The first-order valence-electron chi connectivity index (χ1n) is 12.9. The standard InChI is InChI=1S/C28H29N9O2/c1-36(2)28(39)20-5-4-6-22-23(20)33-26(32-22)24-21-12-18(14-30-25(21)35-34-24)17-11-19(15-29-13-17)31-27(38)16-7-9-37(3)10-8-16/h4-6,11-16H,7-10H2,1-3H3,(H,31,38)(H,32,33)(H,30,34,35). The second kappa shape index (κ2) is 9.91. The Morgan fingerprint density at radius 1 is 1.08 bits per heavy atom. The van der Waals surface area contributed by atoms with Crippen LogP contribution in [0.15, 0.2) is 48.9 Å². The molecule has 1 aliphatic rings. The van der Waals surface area contributed by atoms with Gasteiger partial charge in [0, 0.05) is 43.5 Å². The van der Waals surface area contributed by atoms with Crippen LogP contribution < -0.4 is 5.32 Å². The lowest BCUT2D eigenvalue weighted by atomic mass is 9.96. The number of benzene rings is 1. The summed E-state index contributed by atoms with van der Waals surface area (Å²) in [7, 11) is 5.51. The zero-order valence-corrected chi connectivity index (χ0v) is 22.0. The van der Waals surface area contributed by atoms with E-state index in [9.17, 15) is 9.59 Å². The van der Waals surface area contributed by atoms with Crippen LogP contribution in [0.1, 0.15) is 23.2 Å². The second-order valence-electron chi connectivity index (χ2n) is 10.2. The van der Waals surface area contributed by atoms with Crippen LogP contribution in [-0.4, -0.2) is 86.0 Å². The first-order chi connectivity index (χ1) is 18.9. The summed E-state index contributed by atoms with van der Waals surface area (Å²) in [6.45, 7) is 1.85. The molecule has 198 valence electrons. The number of carbonyl (C=O) groups excluding carboxylic acids is 2. The third-order valence-electron chi connectivity index (χ3n) is 7.22. The van der Waals surface area contributed by atoms with E-state index in [0.717, 1.165) is 48.0 Å². The van der Waals surface area contributed by atoms with Crippen molar-refractivity contribution in [1.29, 1.82) is 0 Å². The van der Waals surface area contributed by atoms with Crippen LogP contribution in [0.4, 0.5) is 5.69 Å². The molecule has 11 nitrogen and oxygen atoms in total. The van der Waals surface area contributed by atoms with Gasteiger partial charge in [-0.25, -0.2) is 9.97 Å². The maximum Gasteiger partial charge on any atom is 0.255 e. The summed E-state index contributed by atoms with van der Waals surface area (Å²) in [5, 5.41) is 11.2. The molecule has 2 amide bonds. The molecule has 0 spiro atoms. The van der Waals surface area contributed by atoms with Crippen LogP contribution in [0.3, 0.4) is 0 Å². The molecule has 39 heavy (non-hydrogen) atoms. The van der Waals surface area contributed by atoms with Crippen molar-refractivity contribution in [2.24, 2.45) is 5.92 Å². The maximum absolute atomic E-state index is 12.8. The highest BCUT2D eigenvalue weighted by atomic mass is 16.2. The molecule has 4 aromatic heterocycles. The summed E-state index contributed by atoms with van der Waals surface area (Å²) in [4.78, 5) is 46.2. The number of H-pyrrole nitrogens is 2. The number of fused-ring (bicyclic) bond motifs is 2. The normalized spacial score (nSPS) is 14.6. The number of piperidine rings is 1. The highest BCUT2D eigenvalue weighted by Gasteiger charge is 2.24. The van der Waals surface area contributed by atoms with Gasteiger partial charge in [-0.15, -0.1) is 0 Å². The molecule has 0 radical (unpaired) electrons. The van der Waals surface area contributed by atoms with Crippen LogP contribution in [0.2, 0.25) is 0 Å². The first kappa shape index (κ1) is 24.7. The molecule has 0 bridgehead atoms. The van der Waals surface area contributed by atoms with Gasteiger partial charge in [-0.05, 0) is 57.2 Å². The Morgan fingerprint density at radius 3 is 2.67 bits per heavy atom. The van der Waals surface area contributed by atoms with Gasteiger partial charge in [0.15, 0.2) is 11.5 Å². The lowest BCUT2D eigenvalue weighted by Crippen LogP contribution is -2.35. The molecule has 0 atom stereocenters. The number of carbonyl (C=O) groups is 2. The van der Waals surface area contributed by atoms with Crippen molar-refractivity contribution in [3.63, 3.8) is 0 Å². The monoisotopic (exact) mass is 523 g/mol. The van der Waals surface area contributed by atoms with Crippen LogP contribution in [0, 0.1) is 5.92 Å². The summed E-state index contributed by atoms with van der Waals surface area (Å²) >= 11 is 0. The predicted octanol–water partition coefficient (Wildman–Crippen LogP) is 3.55. The van der Waals surface area contributed by atoms with E-state index in [2.05, 4.69) is 42.4 Å². The van der Waals surface area contributed by atoms with E-state index in [1.807, 2.05) is 24.3 Å². The van der Waals surface area contributed by atoms with Crippen molar-refractivity contribution in [1.82, 2.24) is 39.9 Å². The quantitative estimate of drug-likeness (QED) is 0.321. The molecular formula is C28H29N9O2. The SMILES string of the molecule is CN1CCC(C(=O)Nc2cncc(-c3cnc4n[nH]c(-c5nc6c(C(=O)N(C)C)cccc6[nH]5)c4c3)c2)CC1. The minimum atomic E-state index is -0.118. The number of amides is 2. The maximum atomic E-state index is 12.8. The number of pyridine rings is 2. The van der Waals surface area contributed by atoms with Gasteiger partial charge < -0.3 is 20.1 Å². The van der Waals surface area contributed by atoms with E-state index in [4.69, 9.17) is 4.98 Å². The van der Waals surface area contributed by atoms with Crippen molar-refractivity contribution >= 4 is 39.6 Å². The smallest absolute Gasteiger partial charge is 0.255 e. The third kappa shape index (κ3) is 4.72. The number of nitrogens with one attached hydrogen (secondary N) is 3. The lowest BCUT2D eigenvalue weighted by Gasteiger charge is -2.28. The number of para-hydroxylation sites is 1. The fourth-order valence-electron chi connectivity index (χ4n) is 4.98. The number of aromatic nitrogens is 6. The molecule has 1 aromatic carbocycles. The van der Waals surface area contributed by atoms with Gasteiger partial charge >= 0.3 is 0 Å². The molecule has 1 fully saturated rings. The van der Waals surface area contributed by atoms with Gasteiger partial charge in [-0.2, -0.15) is 5.10 Å². The minimum absolute atomic E-state index is 0.00806. The van der Waals surface area contributed by atoms with Crippen LogP contribution >= 0.6 is 0 Å². The number of rotatable bonds is 5. The van der Waals surface area contributed by atoms with E-state index in [1.165, 1.54) is 4.90 Å². The molecule has 0 unspecified atom stereocenters. The largest absolute Gasteiger partial charge is 0.345 e. The fraction of sp³-hybridized carbons (Fsp3) is 0.286. The predicted molar refractivity (Wildman–Crippen MR) is 149 cm³/mol. The number of imidazole rings is 1. The Kier molecular flexibility index (Phi) is 6.27. The highest BCUT2D eigenvalue weighted by molar-refractivity contribution is 6.05. The Labute approximate surface area is 224 Å². The van der Waals surface area contributed by atoms with E-state index in [-0.39, 0.29) is 17.7 Å². The van der Waals surface area contributed by atoms with E-state index in [1.54, 1.807) is 38.8 Å². The third-order valence-corrected chi connectivity index (χ3v) is 7.22. The molecule has 1 aliphatic heterocycles. The Morgan fingerprint density at radius 2 is 1.87 bits per heavy atom. The summed E-state index contributed by atoms with van der Waals surface area (Å²) in [6.07, 6.45) is 6.84. The molecule has 5 aromatic rings. The number of anilines is 1. The van der Waals surface area contributed by atoms with Crippen molar-refractivity contribution in [2.45, 2.75) is 12.8 Å². The first-order valence-corrected chi connectivity index (χ1v) is 12.9. The summed E-state index contributed by atoms with van der Waals surface area (Å²) < 4.78 is 0. The molecule has 0 saturated carbocycles. The molecule has 1 saturated heterocycles. The van der Waals surface area contributed by atoms with Gasteiger partial charge in [0.25, 0.3) is 5.91 Å². The minimum Gasteiger partial charge on any atom is -0.345 e. The molecule has 0 aliphatic carbocycles. The fourth-order valence-corrected chi connectivity index (χ4v) is 4.98. The van der Waals surface area contributed by atoms with Gasteiger partial charge in [0.05, 0.1) is 28.4 Å². The van der Waals surface area contributed by atoms with Crippen molar-refractivity contribution in [3.8, 4) is 22.6 Å². The van der Waals surface area contributed by atoms with Crippen LogP contribution in [0.25, 0.3) is 44.7 Å². The zero-order valence-electron chi connectivity index (χ0n) is 22.0. The Bertz CT molecular complexity index is 1700. The molecule has 11 heteroatoms. The number of likely N-dealkylation sites (tertiary alicyclic amines) is 1. The Balaban J connectivity index is 1.31. The topological polar surface area (TPSA) is 136 Å². The number of aromatic amines is 2. The van der Waals surface area contributed by atoms with E-state index >= 15 is 0 Å². The van der Waals surface area contributed by atoms with Gasteiger partial charge in [0.1, 0.15) is 11.2 Å². The van der Waals surface area contributed by atoms with Crippen molar-refractivity contribution in [3.05, 3.63) is 54.5 Å². The molecule has 5 heterocycles. The summed E-state index contributed by atoms with van der Waals surface area (Å²) in [6, 6.07) is 9.36. The summed E-state index contributed by atoms with van der Waals surface area (Å²) in [5.74, 6) is 0.480. The van der Waals surface area contributed by atoms with Crippen molar-refractivity contribution < 1.29 is 9.59 Å². The molecule has 3 N–H and O–H groups in total. The van der Waals surface area contributed by atoms with E-state index in [0.29, 0.717) is 33.9 Å². The average molecular weight is 524 g/mol. The van der Waals surface area contributed by atoms with Gasteiger partial charge in [-0.3, -0.25) is 19.7 Å². The Hall–Kier alpha value is -4.64. The van der Waals surface area contributed by atoms with Gasteiger partial charge in [0.2, 0.25) is 5.91 Å². The zero-order chi connectivity index (χ0) is 27.1. The molecular weight excluding hydrogens is 494 g/mol. The average Bonchev–Trinajstić information content (AvgIpc) is 3.56. The number of hydrogen-bond donors (Lipinski definition) is 3. The summed E-state index contributed by atoms with van der Waals surface area (Å²) in [5.41, 5.74) is 5.37. The van der Waals surface area contributed by atoms with E-state index < -0.39 is 0 Å². The highest BCUT2D eigenvalue weighted by Crippen LogP contribution is 2.30. The van der Waals surface area contributed by atoms with Crippen LogP contribution in [-0.2, 0) is 4.79 Å². The number of nitrogens with zero attached hydrogens (tertiary/aromatic N) is 6. The van der Waals surface area contributed by atoms with Crippen molar-refractivity contribution in [2.75, 3.05) is 39.5 Å². The van der Waals surface area contributed by atoms with Crippen LogP contribution in [0.5, 0.6) is 0 Å². The van der Waals surface area contributed by atoms with Gasteiger partial charge in [-0.1, -0.05) is 6.07 Å².